The molecule has 0 saturated heterocycles. The fourth-order valence-electron chi connectivity index (χ4n) is 2.30. The highest BCUT2D eigenvalue weighted by molar-refractivity contribution is 6.03. The molecular weight excluding hydrogens is 348 g/mol. The maximum absolute atomic E-state index is 12.3. The van der Waals surface area contributed by atoms with Crippen LogP contribution in [0, 0.1) is 10.1 Å². The van der Waals surface area contributed by atoms with E-state index in [0.717, 1.165) is 10.9 Å². The summed E-state index contributed by atoms with van der Waals surface area (Å²) >= 11 is 0. The number of aromatic nitrogens is 2. The van der Waals surface area contributed by atoms with Gasteiger partial charge >= 0.3 is 5.97 Å². The Bertz CT molecular complexity index is 831. The van der Waals surface area contributed by atoms with Crippen LogP contribution >= 0.6 is 0 Å². The number of hydrogen-bond acceptors (Lipinski definition) is 7. The zero-order chi connectivity index (χ0) is 19.4. The van der Waals surface area contributed by atoms with Crippen LogP contribution in [0.5, 0.6) is 0 Å². The summed E-state index contributed by atoms with van der Waals surface area (Å²) in [7, 11) is 1.44. The standard InChI is InChI=1S/C15H16N4O7/c1-18-6-10(15(23)24)12(17-18)14(22)16-11(7-20)13(21)8-2-4-9(5-3-8)19(25)26/h2-6,11,13,20-21H,7H2,1H3,(H,16,22)(H,23,24)/t11-,13-/m0/s1. The molecule has 11 nitrogen and oxygen atoms in total. The lowest BCUT2D eigenvalue weighted by Crippen LogP contribution is -2.42. The maximum Gasteiger partial charge on any atom is 0.339 e. The van der Waals surface area contributed by atoms with E-state index in [1.165, 1.54) is 31.3 Å². The lowest BCUT2D eigenvalue weighted by Gasteiger charge is -2.22. The molecule has 0 bridgehead atoms. The molecule has 0 aliphatic heterocycles. The number of benzene rings is 1. The van der Waals surface area contributed by atoms with Gasteiger partial charge in [-0.25, -0.2) is 4.79 Å². The maximum atomic E-state index is 12.3. The summed E-state index contributed by atoms with van der Waals surface area (Å²) in [6.07, 6.45) is -0.223. The first-order valence-corrected chi connectivity index (χ1v) is 7.35. The minimum atomic E-state index is -1.37. The molecule has 0 radical (unpaired) electrons. The van der Waals surface area contributed by atoms with Crippen molar-refractivity contribution in [2.75, 3.05) is 6.61 Å². The van der Waals surface area contributed by atoms with E-state index in [4.69, 9.17) is 5.11 Å². The highest BCUT2D eigenvalue weighted by atomic mass is 16.6. The van der Waals surface area contributed by atoms with Gasteiger partial charge in [-0.05, 0) is 17.7 Å². The van der Waals surface area contributed by atoms with Crippen molar-refractivity contribution in [3.8, 4) is 0 Å². The highest BCUT2D eigenvalue weighted by Crippen LogP contribution is 2.21. The number of non-ortho nitro benzene ring substituents is 1. The predicted octanol–water partition coefficient (Wildman–Crippen LogP) is -0.149. The lowest BCUT2D eigenvalue weighted by molar-refractivity contribution is -0.384. The van der Waals surface area contributed by atoms with E-state index in [9.17, 15) is 29.9 Å². The molecule has 0 aliphatic rings. The summed E-state index contributed by atoms with van der Waals surface area (Å²) in [6.45, 7) is -0.654. The Labute approximate surface area is 146 Å². The van der Waals surface area contributed by atoms with Gasteiger partial charge in [-0.3, -0.25) is 19.6 Å². The number of aliphatic hydroxyl groups excluding tert-OH is 2. The Hall–Kier alpha value is -3.31. The molecule has 1 heterocycles. The number of rotatable bonds is 7. The number of aliphatic hydroxyl groups is 2. The van der Waals surface area contributed by atoms with Crippen molar-refractivity contribution in [1.29, 1.82) is 0 Å². The molecule has 2 atom stereocenters. The second kappa shape index (κ2) is 7.72. The van der Waals surface area contributed by atoms with Gasteiger partial charge in [0.2, 0.25) is 0 Å². The molecule has 1 aromatic heterocycles. The number of nitrogens with one attached hydrogen (secondary N) is 1. The normalized spacial score (nSPS) is 13.0. The topological polar surface area (TPSA) is 168 Å². The van der Waals surface area contributed by atoms with Crippen LogP contribution in [0.1, 0.15) is 32.5 Å². The number of carboxylic acids is 1. The SMILES string of the molecule is Cn1cc(C(=O)O)c(C(=O)N[C@@H](CO)[C@@H](O)c2ccc([N+](=O)[O-])cc2)n1. The van der Waals surface area contributed by atoms with Crippen LogP contribution in [-0.4, -0.2) is 54.5 Å². The number of nitrogens with zero attached hydrogens (tertiary/aromatic N) is 3. The van der Waals surface area contributed by atoms with Gasteiger partial charge in [0.25, 0.3) is 11.6 Å². The number of carbonyl (C=O) groups is 2. The van der Waals surface area contributed by atoms with E-state index >= 15 is 0 Å². The van der Waals surface area contributed by atoms with E-state index in [2.05, 4.69) is 10.4 Å². The summed E-state index contributed by atoms with van der Waals surface area (Å²) in [4.78, 5) is 33.5. The minimum Gasteiger partial charge on any atom is -0.478 e. The van der Waals surface area contributed by atoms with Gasteiger partial charge in [0.05, 0.1) is 17.6 Å². The molecule has 0 saturated carbocycles. The largest absolute Gasteiger partial charge is 0.478 e. The first-order valence-electron chi connectivity index (χ1n) is 7.35. The fraction of sp³-hybridized carbons (Fsp3) is 0.267. The predicted molar refractivity (Wildman–Crippen MR) is 86.6 cm³/mol. The molecule has 11 heteroatoms. The second-order valence-corrected chi connectivity index (χ2v) is 5.43. The molecule has 4 N–H and O–H groups in total. The fourth-order valence-corrected chi connectivity index (χ4v) is 2.30. The van der Waals surface area contributed by atoms with Crippen LogP contribution < -0.4 is 5.32 Å². The van der Waals surface area contributed by atoms with E-state index in [-0.39, 0.29) is 22.5 Å². The summed E-state index contributed by atoms with van der Waals surface area (Å²) in [5, 5.41) is 45.6. The van der Waals surface area contributed by atoms with Gasteiger partial charge in [0.1, 0.15) is 11.7 Å². The molecule has 1 amide bonds. The van der Waals surface area contributed by atoms with Crippen molar-refractivity contribution in [3.63, 3.8) is 0 Å². The zero-order valence-corrected chi connectivity index (χ0v) is 13.6. The van der Waals surface area contributed by atoms with Crippen molar-refractivity contribution < 1.29 is 29.8 Å². The smallest absolute Gasteiger partial charge is 0.339 e. The van der Waals surface area contributed by atoms with Crippen molar-refractivity contribution >= 4 is 17.6 Å². The highest BCUT2D eigenvalue weighted by Gasteiger charge is 2.27. The Morgan fingerprint density at radius 3 is 2.46 bits per heavy atom. The van der Waals surface area contributed by atoms with E-state index in [1.807, 2.05) is 0 Å². The Balaban J connectivity index is 2.19. The molecule has 0 aliphatic carbocycles. The average molecular weight is 364 g/mol. The number of nitro groups is 1. The number of amides is 1. The summed E-state index contributed by atoms with van der Waals surface area (Å²) in [5.41, 5.74) is -0.639. The van der Waals surface area contributed by atoms with Crippen molar-refractivity contribution in [2.24, 2.45) is 7.05 Å². The third kappa shape index (κ3) is 4.02. The molecule has 2 aromatic rings. The van der Waals surface area contributed by atoms with Gasteiger partial charge in [-0.1, -0.05) is 0 Å². The van der Waals surface area contributed by atoms with Crippen LogP contribution in [0.3, 0.4) is 0 Å². The van der Waals surface area contributed by atoms with Gasteiger partial charge in [0.15, 0.2) is 5.69 Å². The van der Waals surface area contributed by atoms with Gasteiger partial charge in [0, 0.05) is 25.4 Å². The Kier molecular flexibility index (Phi) is 5.64. The molecule has 26 heavy (non-hydrogen) atoms. The van der Waals surface area contributed by atoms with E-state index in [1.54, 1.807) is 0 Å². The minimum absolute atomic E-state index is 0.176. The van der Waals surface area contributed by atoms with Crippen LogP contribution in [0.15, 0.2) is 30.5 Å². The quantitative estimate of drug-likeness (QED) is 0.388. The van der Waals surface area contributed by atoms with E-state index in [0.29, 0.717) is 0 Å². The Morgan fingerprint density at radius 1 is 1.35 bits per heavy atom. The van der Waals surface area contributed by atoms with Crippen LogP contribution in [0.2, 0.25) is 0 Å². The van der Waals surface area contributed by atoms with Crippen molar-refractivity contribution in [1.82, 2.24) is 15.1 Å². The van der Waals surface area contributed by atoms with Gasteiger partial charge in [-0.2, -0.15) is 5.10 Å². The molecule has 2 rings (SSSR count). The van der Waals surface area contributed by atoms with Gasteiger partial charge in [-0.15, -0.1) is 0 Å². The number of nitro benzene ring substituents is 1. The molecule has 138 valence electrons. The first-order chi connectivity index (χ1) is 12.2. The lowest BCUT2D eigenvalue weighted by atomic mass is 10.0. The van der Waals surface area contributed by atoms with Crippen LogP contribution in [0.4, 0.5) is 5.69 Å². The average Bonchev–Trinajstić information content (AvgIpc) is 3.01. The molecule has 1 aromatic carbocycles. The Morgan fingerprint density at radius 2 is 1.96 bits per heavy atom. The number of carboxylic acid groups (broad SMARTS) is 1. The molecular formula is C15H16N4O7. The van der Waals surface area contributed by atoms with Crippen molar-refractivity contribution in [2.45, 2.75) is 12.1 Å². The summed E-state index contributed by atoms with van der Waals surface area (Å²) in [6, 6.07) is 3.77. The monoisotopic (exact) mass is 364 g/mol. The summed E-state index contributed by atoms with van der Waals surface area (Å²) < 4.78 is 1.15. The number of aromatic carboxylic acids is 1. The zero-order valence-electron chi connectivity index (χ0n) is 13.6. The number of hydrogen-bond donors (Lipinski definition) is 4. The third-order valence-electron chi connectivity index (χ3n) is 3.61. The molecule has 0 spiro atoms. The first kappa shape index (κ1) is 19.0. The number of carbonyl (C=O) groups excluding carboxylic acids is 1. The van der Waals surface area contributed by atoms with Crippen LogP contribution in [0.25, 0.3) is 0 Å². The molecule has 0 unspecified atom stereocenters. The second-order valence-electron chi connectivity index (χ2n) is 5.43. The van der Waals surface area contributed by atoms with Crippen LogP contribution in [-0.2, 0) is 7.05 Å². The van der Waals surface area contributed by atoms with E-state index < -0.39 is 35.6 Å². The third-order valence-corrected chi connectivity index (χ3v) is 3.61. The number of aryl methyl sites for hydroxylation is 1. The van der Waals surface area contributed by atoms with Gasteiger partial charge < -0.3 is 20.6 Å². The summed E-state index contributed by atoms with van der Waals surface area (Å²) in [5.74, 6) is -2.23. The molecule has 0 fully saturated rings. The van der Waals surface area contributed by atoms with Crippen molar-refractivity contribution in [3.05, 3.63) is 57.4 Å².